The molecule has 3 nitrogen and oxygen atoms in total. The zero-order valence-corrected chi connectivity index (χ0v) is 12.3. The van der Waals surface area contributed by atoms with Crippen LogP contribution >= 0.6 is 11.6 Å². The molecule has 3 heterocycles. The summed E-state index contributed by atoms with van der Waals surface area (Å²) >= 11 is 6.08. The number of nitrogens with zero attached hydrogens (tertiary/aromatic N) is 2. The Morgan fingerprint density at radius 3 is 3.05 bits per heavy atom. The summed E-state index contributed by atoms with van der Waals surface area (Å²) in [5.74, 6) is 1.55. The molecule has 1 N–H and O–H groups in total. The van der Waals surface area contributed by atoms with Crippen molar-refractivity contribution in [2.75, 3.05) is 24.5 Å². The third-order valence-corrected chi connectivity index (χ3v) is 5.16. The molecular formula is C16H18ClN3. The number of benzene rings is 1. The van der Waals surface area contributed by atoms with E-state index in [4.69, 9.17) is 11.6 Å². The second-order valence-electron chi connectivity index (χ2n) is 5.97. The molecule has 2 saturated heterocycles. The van der Waals surface area contributed by atoms with Crippen molar-refractivity contribution >= 4 is 28.2 Å². The maximum absolute atomic E-state index is 6.08. The van der Waals surface area contributed by atoms with Crippen molar-refractivity contribution in [1.29, 1.82) is 0 Å². The molecule has 3 atom stereocenters. The van der Waals surface area contributed by atoms with E-state index < -0.39 is 0 Å². The van der Waals surface area contributed by atoms with Gasteiger partial charge in [-0.2, -0.15) is 0 Å². The Labute approximate surface area is 123 Å². The fourth-order valence-corrected chi connectivity index (χ4v) is 4.01. The lowest BCUT2D eigenvalue weighted by molar-refractivity contribution is 0.471. The van der Waals surface area contributed by atoms with E-state index in [2.05, 4.69) is 34.3 Å². The van der Waals surface area contributed by atoms with Crippen molar-refractivity contribution in [3.8, 4) is 0 Å². The molecule has 0 radical (unpaired) electrons. The van der Waals surface area contributed by atoms with Crippen LogP contribution in [0.2, 0.25) is 5.02 Å². The van der Waals surface area contributed by atoms with Gasteiger partial charge in [0, 0.05) is 48.0 Å². The standard InChI is InChI=1S/C16H18ClN3/c1-10-14-8-18-7-11(14)9-20(10)16-4-5-19-15-6-12(17)2-3-13(15)16/h2-6,10-11,14,18H,7-9H2,1H3. The van der Waals surface area contributed by atoms with Gasteiger partial charge in [-0.1, -0.05) is 11.6 Å². The molecule has 2 aliphatic heterocycles. The largest absolute Gasteiger partial charge is 0.368 e. The van der Waals surface area contributed by atoms with Crippen LogP contribution in [0.4, 0.5) is 5.69 Å². The van der Waals surface area contributed by atoms with Crippen LogP contribution in [0.5, 0.6) is 0 Å². The molecule has 2 aliphatic rings. The topological polar surface area (TPSA) is 28.2 Å². The minimum Gasteiger partial charge on any atom is -0.368 e. The molecule has 4 heteroatoms. The summed E-state index contributed by atoms with van der Waals surface area (Å²) in [6, 6.07) is 8.72. The van der Waals surface area contributed by atoms with Crippen molar-refractivity contribution in [1.82, 2.24) is 10.3 Å². The zero-order valence-electron chi connectivity index (χ0n) is 11.5. The monoisotopic (exact) mass is 287 g/mol. The third kappa shape index (κ3) is 1.80. The molecule has 20 heavy (non-hydrogen) atoms. The molecule has 0 amide bonds. The minimum absolute atomic E-state index is 0.580. The Bertz CT molecular complexity index is 657. The van der Waals surface area contributed by atoms with Crippen molar-refractivity contribution in [3.05, 3.63) is 35.5 Å². The van der Waals surface area contributed by atoms with Gasteiger partial charge in [-0.3, -0.25) is 4.98 Å². The van der Waals surface area contributed by atoms with Crippen LogP contribution < -0.4 is 10.2 Å². The number of rotatable bonds is 1. The molecule has 0 aliphatic carbocycles. The van der Waals surface area contributed by atoms with Gasteiger partial charge in [0.2, 0.25) is 0 Å². The SMILES string of the molecule is CC1C2CNCC2CN1c1ccnc2cc(Cl)ccc12. The Morgan fingerprint density at radius 1 is 1.30 bits per heavy atom. The van der Waals surface area contributed by atoms with Gasteiger partial charge in [0.25, 0.3) is 0 Å². The second kappa shape index (κ2) is 4.61. The van der Waals surface area contributed by atoms with Crippen LogP contribution in [0.3, 0.4) is 0 Å². The normalized spacial score (nSPS) is 29.1. The first-order valence-corrected chi connectivity index (χ1v) is 7.63. The van der Waals surface area contributed by atoms with Crippen molar-refractivity contribution in [3.63, 3.8) is 0 Å². The van der Waals surface area contributed by atoms with Gasteiger partial charge < -0.3 is 10.2 Å². The highest BCUT2D eigenvalue weighted by atomic mass is 35.5. The zero-order chi connectivity index (χ0) is 13.7. The van der Waals surface area contributed by atoms with E-state index in [1.54, 1.807) is 0 Å². The number of aromatic nitrogens is 1. The molecule has 0 bridgehead atoms. The Balaban J connectivity index is 1.79. The smallest absolute Gasteiger partial charge is 0.0737 e. The maximum Gasteiger partial charge on any atom is 0.0737 e. The van der Waals surface area contributed by atoms with Crippen LogP contribution in [-0.2, 0) is 0 Å². The Morgan fingerprint density at radius 2 is 2.20 bits per heavy atom. The molecule has 4 rings (SSSR count). The number of hydrogen-bond donors (Lipinski definition) is 1. The van der Waals surface area contributed by atoms with Gasteiger partial charge >= 0.3 is 0 Å². The lowest BCUT2D eigenvalue weighted by atomic mass is 9.95. The summed E-state index contributed by atoms with van der Waals surface area (Å²) in [5.41, 5.74) is 2.28. The molecule has 1 aromatic heterocycles. The number of hydrogen-bond acceptors (Lipinski definition) is 3. The third-order valence-electron chi connectivity index (χ3n) is 4.93. The van der Waals surface area contributed by atoms with E-state index in [1.165, 1.54) is 11.1 Å². The van der Waals surface area contributed by atoms with E-state index in [1.807, 2.05) is 18.3 Å². The van der Waals surface area contributed by atoms with E-state index in [9.17, 15) is 0 Å². The number of halogens is 1. The van der Waals surface area contributed by atoms with Gasteiger partial charge in [0.05, 0.1) is 5.52 Å². The predicted octanol–water partition coefficient (Wildman–Crippen LogP) is 2.93. The van der Waals surface area contributed by atoms with Crippen molar-refractivity contribution in [2.24, 2.45) is 11.8 Å². The number of pyridine rings is 1. The molecule has 1 aromatic carbocycles. The highest BCUT2D eigenvalue weighted by Crippen LogP contribution is 2.38. The van der Waals surface area contributed by atoms with Gasteiger partial charge in [-0.05, 0) is 43.0 Å². The first-order chi connectivity index (χ1) is 9.74. The highest BCUT2D eigenvalue weighted by Gasteiger charge is 2.42. The van der Waals surface area contributed by atoms with Crippen LogP contribution in [0.15, 0.2) is 30.5 Å². The Kier molecular flexibility index (Phi) is 2.86. The fourth-order valence-electron chi connectivity index (χ4n) is 3.84. The van der Waals surface area contributed by atoms with Crippen LogP contribution in [-0.4, -0.2) is 30.7 Å². The lowest BCUT2D eigenvalue weighted by Crippen LogP contribution is -2.33. The van der Waals surface area contributed by atoms with E-state index in [0.29, 0.717) is 6.04 Å². The van der Waals surface area contributed by atoms with Crippen LogP contribution in [0.25, 0.3) is 10.9 Å². The first kappa shape index (κ1) is 12.4. The highest BCUT2D eigenvalue weighted by molar-refractivity contribution is 6.31. The van der Waals surface area contributed by atoms with Gasteiger partial charge in [0.15, 0.2) is 0 Å². The van der Waals surface area contributed by atoms with Crippen LogP contribution in [0, 0.1) is 11.8 Å². The first-order valence-electron chi connectivity index (χ1n) is 7.25. The number of fused-ring (bicyclic) bond motifs is 2. The van der Waals surface area contributed by atoms with Gasteiger partial charge in [-0.15, -0.1) is 0 Å². The quantitative estimate of drug-likeness (QED) is 0.874. The molecule has 2 aromatic rings. The maximum atomic E-state index is 6.08. The molecule has 0 saturated carbocycles. The molecule has 104 valence electrons. The molecule has 2 fully saturated rings. The number of nitrogens with one attached hydrogen (secondary N) is 1. The molecule has 3 unspecified atom stereocenters. The molecular weight excluding hydrogens is 270 g/mol. The average molecular weight is 288 g/mol. The predicted molar refractivity (Wildman–Crippen MR) is 83.4 cm³/mol. The fraction of sp³-hybridized carbons (Fsp3) is 0.438. The summed E-state index contributed by atoms with van der Waals surface area (Å²) < 4.78 is 0. The average Bonchev–Trinajstić information content (AvgIpc) is 3.01. The van der Waals surface area contributed by atoms with E-state index >= 15 is 0 Å². The van der Waals surface area contributed by atoms with Gasteiger partial charge in [0.1, 0.15) is 0 Å². The summed E-state index contributed by atoms with van der Waals surface area (Å²) in [6.07, 6.45) is 1.90. The number of anilines is 1. The van der Waals surface area contributed by atoms with E-state index in [0.717, 1.165) is 42.0 Å². The summed E-state index contributed by atoms with van der Waals surface area (Å²) in [6.45, 7) is 5.79. The minimum atomic E-state index is 0.580. The van der Waals surface area contributed by atoms with Crippen molar-refractivity contribution < 1.29 is 0 Å². The summed E-state index contributed by atoms with van der Waals surface area (Å²) in [5, 5.41) is 5.47. The summed E-state index contributed by atoms with van der Waals surface area (Å²) in [7, 11) is 0. The summed E-state index contributed by atoms with van der Waals surface area (Å²) in [4.78, 5) is 7.00. The molecule has 0 spiro atoms. The van der Waals surface area contributed by atoms with Gasteiger partial charge in [-0.25, -0.2) is 0 Å². The van der Waals surface area contributed by atoms with Crippen molar-refractivity contribution in [2.45, 2.75) is 13.0 Å². The van der Waals surface area contributed by atoms with E-state index in [-0.39, 0.29) is 0 Å². The second-order valence-corrected chi connectivity index (χ2v) is 6.40. The van der Waals surface area contributed by atoms with Crippen LogP contribution in [0.1, 0.15) is 6.92 Å². The lowest BCUT2D eigenvalue weighted by Gasteiger charge is -2.27. The Hall–Kier alpha value is -1.32.